The van der Waals surface area contributed by atoms with Gasteiger partial charge in [0.05, 0.1) is 16.3 Å². The summed E-state index contributed by atoms with van der Waals surface area (Å²) in [4.78, 5) is 13.3. The third-order valence-electron chi connectivity index (χ3n) is 5.83. The fourth-order valence-corrected chi connectivity index (χ4v) is 4.41. The fraction of sp³-hybridized carbons (Fsp3) is 0.240. The highest BCUT2D eigenvalue weighted by atomic mass is 35.5. The highest BCUT2D eigenvalue weighted by molar-refractivity contribution is 6.33. The number of hydrogen-bond donors (Lipinski definition) is 2. The molecular weight excluding hydrogens is 437 g/mol. The van der Waals surface area contributed by atoms with Crippen molar-refractivity contribution in [2.45, 2.75) is 37.5 Å². The maximum absolute atomic E-state index is 13.3. The Balaban J connectivity index is 1.63. The molecule has 3 nitrogen and oxygen atoms in total. The van der Waals surface area contributed by atoms with Crippen LogP contribution in [0.5, 0.6) is 0 Å². The molecule has 0 aromatic heterocycles. The molecule has 166 valence electrons. The third-order valence-corrected chi connectivity index (χ3v) is 6.16. The van der Waals surface area contributed by atoms with Gasteiger partial charge in [0.1, 0.15) is 6.04 Å². The number of benzene rings is 3. The molecule has 0 saturated carbocycles. The number of nitrogens with two attached hydrogens (primary N) is 1. The molecule has 0 fully saturated rings. The first kappa shape index (κ1) is 22.4. The SMILES string of the molecule is O=C(Nc1cc(C(F)(F)F)ccc1Cl)[C@@H]([NH2+][C@@H]1CCCc2ccccc21)c1ccccc1. The number of halogens is 4. The summed E-state index contributed by atoms with van der Waals surface area (Å²) in [5.41, 5.74) is 2.33. The summed E-state index contributed by atoms with van der Waals surface area (Å²) >= 11 is 6.11. The van der Waals surface area contributed by atoms with Gasteiger partial charge >= 0.3 is 6.18 Å². The lowest BCUT2D eigenvalue weighted by Crippen LogP contribution is -2.88. The van der Waals surface area contributed by atoms with Gasteiger partial charge in [0.2, 0.25) is 0 Å². The van der Waals surface area contributed by atoms with Crippen molar-refractivity contribution in [3.8, 4) is 0 Å². The van der Waals surface area contributed by atoms with Crippen LogP contribution in [0.15, 0.2) is 72.8 Å². The Morgan fingerprint density at radius 1 is 1.03 bits per heavy atom. The maximum Gasteiger partial charge on any atom is 0.416 e. The van der Waals surface area contributed by atoms with Crippen LogP contribution in [0, 0.1) is 0 Å². The van der Waals surface area contributed by atoms with Crippen molar-refractivity contribution in [1.29, 1.82) is 0 Å². The van der Waals surface area contributed by atoms with Crippen LogP contribution in [0.2, 0.25) is 5.02 Å². The van der Waals surface area contributed by atoms with E-state index >= 15 is 0 Å². The van der Waals surface area contributed by atoms with Gasteiger partial charge in [-0.2, -0.15) is 13.2 Å². The van der Waals surface area contributed by atoms with E-state index in [-0.39, 0.29) is 16.8 Å². The lowest BCUT2D eigenvalue weighted by Gasteiger charge is -2.27. The number of aryl methyl sites for hydroxylation is 1. The molecule has 3 aromatic rings. The molecule has 3 N–H and O–H groups in total. The molecule has 32 heavy (non-hydrogen) atoms. The van der Waals surface area contributed by atoms with Crippen molar-refractivity contribution >= 4 is 23.2 Å². The average molecular weight is 460 g/mol. The number of nitrogens with one attached hydrogen (secondary N) is 1. The van der Waals surface area contributed by atoms with Gasteiger partial charge in [-0.15, -0.1) is 0 Å². The lowest BCUT2D eigenvalue weighted by atomic mass is 9.87. The molecular formula is C25H23ClF3N2O+. The molecule has 1 aliphatic rings. The molecule has 1 amide bonds. The van der Waals surface area contributed by atoms with Gasteiger partial charge in [0.15, 0.2) is 6.04 Å². The number of anilines is 1. The second kappa shape index (κ2) is 9.35. The first-order valence-corrected chi connectivity index (χ1v) is 10.9. The average Bonchev–Trinajstić information content (AvgIpc) is 2.78. The molecule has 0 aliphatic heterocycles. The second-order valence-corrected chi connectivity index (χ2v) is 8.37. The minimum Gasteiger partial charge on any atom is -0.326 e. The van der Waals surface area contributed by atoms with Crippen molar-refractivity contribution in [3.63, 3.8) is 0 Å². The maximum atomic E-state index is 13.3. The standard InChI is InChI=1S/C25H22ClF3N2O/c26-20-14-13-18(25(27,28)29)15-22(20)31-24(32)23(17-8-2-1-3-9-17)30-21-12-6-10-16-7-4-5-11-19(16)21/h1-5,7-9,11,13-15,21,23,30H,6,10,12H2,(H,31,32)/p+1/t21-,23+/m1/s1. The molecule has 0 saturated heterocycles. The zero-order chi connectivity index (χ0) is 22.7. The van der Waals surface area contributed by atoms with Gasteiger partial charge in [0, 0.05) is 17.5 Å². The van der Waals surface area contributed by atoms with E-state index in [1.54, 1.807) is 0 Å². The minimum atomic E-state index is -4.53. The summed E-state index contributed by atoms with van der Waals surface area (Å²) in [6, 6.07) is 19.8. The molecule has 0 unspecified atom stereocenters. The van der Waals surface area contributed by atoms with Gasteiger partial charge in [-0.25, -0.2) is 0 Å². The Bertz CT molecular complexity index is 1100. The van der Waals surface area contributed by atoms with E-state index in [1.165, 1.54) is 11.1 Å². The van der Waals surface area contributed by atoms with E-state index < -0.39 is 23.7 Å². The van der Waals surface area contributed by atoms with E-state index in [2.05, 4.69) is 17.4 Å². The monoisotopic (exact) mass is 459 g/mol. The lowest BCUT2D eigenvalue weighted by molar-refractivity contribution is -0.723. The zero-order valence-electron chi connectivity index (χ0n) is 17.2. The number of carbonyl (C=O) groups is 1. The second-order valence-electron chi connectivity index (χ2n) is 7.96. The predicted octanol–water partition coefficient (Wildman–Crippen LogP) is 5.68. The van der Waals surface area contributed by atoms with Crippen LogP contribution in [0.4, 0.5) is 18.9 Å². The van der Waals surface area contributed by atoms with Crippen LogP contribution >= 0.6 is 11.6 Å². The number of hydrogen-bond acceptors (Lipinski definition) is 1. The van der Waals surface area contributed by atoms with E-state index in [0.29, 0.717) is 0 Å². The zero-order valence-corrected chi connectivity index (χ0v) is 18.0. The summed E-state index contributed by atoms with van der Waals surface area (Å²) in [5, 5.41) is 4.69. The molecule has 0 radical (unpaired) electrons. The number of alkyl halides is 3. The first-order valence-electron chi connectivity index (χ1n) is 10.5. The smallest absolute Gasteiger partial charge is 0.326 e. The molecule has 7 heteroatoms. The van der Waals surface area contributed by atoms with Gasteiger partial charge in [-0.1, -0.05) is 66.2 Å². The molecule has 2 atom stereocenters. The molecule has 0 bridgehead atoms. The Morgan fingerprint density at radius 3 is 2.50 bits per heavy atom. The van der Waals surface area contributed by atoms with Gasteiger partial charge in [-0.3, -0.25) is 4.79 Å². The van der Waals surface area contributed by atoms with Crippen molar-refractivity contribution in [2.24, 2.45) is 0 Å². The van der Waals surface area contributed by atoms with E-state index in [0.717, 1.165) is 43.0 Å². The topological polar surface area (TPSA) is 45.7 Å². The predicted molar refractivity (Wildman–Crippen MR) is 118 cm³/mol. The van der Waals surface area contributed by atoms with Crippen LogP contribution in [-0.4, -0.2) is 5.91 Å². The van der Waals surface area contributed by atoms with Crippen molar-refractivity contribution in [2.75, 3.05) is 5.32 Å². The largest absolute Gasteiger partial charge is 0.416 e. The molecule has 4 rings (SSSR count). The number of carbonyl (C=O) groups excluding carboxylic acids is 1. The summed E-state index contributed by atoms with van der Waals surface area (Å²) in [5.74, 6) is -0.416. The number of rotatable bonds is 5. The Hall–Kier alpha value is -2.83. The highest BCUT2D eigenvalue weighted by Gasteiger charge is 2.33. The highest BCUT2D eigenvalue weighted by Crippen LogP contribution is 2.34. The Morgan fingerprint density at radius 2 is 1.75 bits per heavy atom. The Kier molecular flexibility index (Phi) is 6.53. The van der Waals surface area contributed by atoms with Crippen LogP contribution in [0.1, 0.15) is 47.2 Å². The van der Waals surface area contributed by atoms with Crippen molar-refractivity contribution in [1.82, 2.24) is 0 Å². The molecule has 3 aromatic carbocycles. The quantitative estimate of drug-likeness (QED) is 0.506. The van der Waals surface area contributed by atoms with Crippen LogP contribution in [0.25, 0.3) is 0 Å². The Labute approximate surface area is 189 Å². The van der Waals surface area contributed by atoms with E-state index in [4.69, 9.17) is 11.6 Å². The van der Waals surface area contributed by atoms with E-state index in [9.17, 15) is 18.0 Å². The fourth-order valence-electron chi connectivity index (χ4n) is 4.24. The van der Waals surface area contributed by atoms with Gasteiger partial charge < -0.3 is 10.6 Å². The molecule has 0 heterocycles. The molecule has 1 aliphatic carbocycles. The van der Waals surface area contributed by atoms with Crippen LogP contribution in [-0.2, 0) is 17.4 Å². The summed E-state index contributed by atoms with van der Waals surface area (Å²) < 4.78 is 39.4. The first-order chi connectivity index (χ1) is 15.3. The third kappa shape index (κ3) is 4.97. The normalized spacial score (nSPS) is 16.8. The number of amides is 1. The van der Waals surface area contributed by atoms with Gasteiger partial charge in [0.25, 0.3) is 5.91 Å². The summed E-state index contributed by atoms with van der Waals surface area (Å²) in [6.45, 7) is 0. The van der Waals surface area contributed by atoms with Crippen molar-refractivity contribution < 1.29 is 23.3 Å². The summed E-state index contributed by atoms with van der Waals surface area (Å²) in [7, 11) is 0. The van der Waals surface area contributed by atoms with Crippen LogP contribution in [0.3, 0.4) is 0 Å². The van der Waals surface area contributed by atoms with E-state index in [1.807, 2.05) is 47.8 Å². The minimum absolute atomic E-state index is 0.0510. The van der Waals surface area contributed by atoms with Gasteiger partial charge in [-0.05, 0) is 36.6 Å². The van der Waals surface area contributed by atoms with Crippen LogP contribution < -0.4 is 10.6 Å². The summed E-state index contributed by atoms with van der Waals surface area (Å²) in [6.07, 6.45) is -1.60. The molecule has 0 spiro atoms. The number of quaternary nitrogens is 1. The number of fused-ring (bicyclic) bond motifs is 1. The van der Waals surface area contributed by atoms with Crippen molar-refractivity contribution in [3.05, 3.63) is 100 Å².